The molecule has 4 aliphatic rings. The molecule has 4 N–H and O–H groups in total. The summed E-state index contributed by atoms with van der Waals surface area (Å²) in [6.45, 7) is 9.04. The molecule has 7 atom stereocenters. The second kappa shape index (κ2) is 14.9. The van der Waals surface area contributed by atoms with Gasteiger partial charge < -0.3 is 34.9 Å². The van der Waals surface area contributed by atoms with Crippen LogP contribution in [0.3, 0.4) is 0 Å². The summed E-state index contributed by atoms with van der Waals surface area (Å²) in [4.78, 5) is 60.7. The quantitative estimate of drug-likeness (QED) is 0.270. The number of sulfonamides is 1. The Morgan fingerprint density at radius 3 is 2.54 bits per heavy atom. The third-order valence-electron chi connectivity index (χ3n) is 11.1. The highest BCUT2D eigenvalue weighted by molar-refractivity contribution is 7.91. The predicted molar refractivity (Wildman–Crippen MR) is 199 cm³/mol. The summed E-state index contributed by atoms with van der Waals surface area (Å²) in [7, 11) is -2.46. The fourth-order valence-electron chi connectivity index (χ4n) is 7.59. The van der Waals surface area contributed by atoms with Gasteiger partial charge >= 0.3 is 6.09 Å². The highest BCUT2D eigenvalue weighted by Gasteiger charge is 2.63. The van der Waals surface area contributed by atoms with E-state index in [0.29, 0.717) is 42.7 Å². The predicted octanol–water partition coefficient (Wildman–Crippen LogP) is 3.90. The molecular weight excluding hydrogens is 719 g/mol. The molecule has 0 bridgehead atoms. The Kier molecular flexibility index (Phi) is 10.8. The van der Waals surface area contributed by atoms with Gasteiger partial charge in [0, 0.05) is 23.8 Å². The van der Waals surface area contributed by atoms with E-state index in [1.54, 1.807) is 32.2 Å². The number of benzene rings is 1. The third kappa shape index (κ3) is 8.08. The number of hydrogen-bond acceptors (Lipinski definition) is 10. The van der Waals surface area contributed by atoms with Gasteiger partial charge in [-0.25, -0.2) is 13.2 Å². The van der Waals surface area contributed by atoms with Crippen LogP contribution in [0.2, 0.25) is 0 Å². The number of nitrogens with zero attached hydrogens (tertiary/aromatic N) is 2. The molecule has 4 amide bonds. The highest BCUT2D eigenvalue weighted by Crippen LogP contribution is 2.47. The number of nitrogens with one attached hydrogen (secondary N) is 3. The first-order chi connectivity index (χ1) is 25.4. The second-order valence-electron chi connectivity index (χ2n) is 15.9. The van der Waals surface area contributed by atoms with Gasteiger partial charge in [0.2, 0.25) is 33.6 Å². The molecule has 2 saturated carbocycles. The molecule has 6 rings (SSSR count). The van der Waals surface area contributed by atoms with E-state index in [2.05, 4.69) is 20.3 Å². The molecule has 2 aliphatic carbocycles. The van der Waals surface area contributed by atoms with Crippen molar-refractivity contribution in [3.05, 3.63) is 36.4 Å². The van der Waals surface area contributed by atoms with Crippen molar-refractivity contribution < 1.29 is 46.9 Å². The van der Waals surface area contributed by atoms with Crippen LogP contribution in [0.25, 0.3) is 10.8 Å². The number of pyridine rings is 1. The number of allylic oxidation sites excluding steroid dienone is 1. The Balaban J connectivity index is 1.36. The van der Waals surface area contributed by atoms with Gasteiger partial charge in [-0.1, -0.05) is 26.0 Å². The van der Waals surface area contributed by atoms with Crippen molar-refractivity contribution in [2.24, 2.45) is 17.8 Å². The smallest absolute Gasteiger partial charge is 0.405 e. The summed E-state index contributed by atoms with van der Waals surface area (Å²) in [5.74, 6) is -1.79. The van der Waals surface area contributed by atoms with Gasteiger partial charge in [0.15, 0.2) is 0 Å². The van der Waals surface area contributed by atoms with Crippen molar-refractivity contribution in [2.45, 2.75) is 114 Å². The summed E-state index contributed by atoms with van der Waals surface area (Å²) in [5, 5.41) is 16.4. The number of aromatic nitrogens is 1. The lowest BCUT2D eigenvalue weighted by Gasteiger charge is -2.32. The van der Waals surface area contributed by atoms with Crippen LogP contribution in [0, 0.1) is 17.8 Å². The van der Waals surface area contributed by atoms with E-state index >= 15 is 0 Å². The number of hydrogen-bond donors (Lipinski definition) is 4. The van der Waals surface area contributed by atoms with Crippen LogP contribution >= 0.6 is 0 Å². The number of fused-ring (bicyclic) bond motifs is 3. The summed E-state index contributed by atoms with van der Waals surface area (Å²) < 4.78 is 45.3. The van der Waals surface area contributed by atoms with E-state index in [4.69, 9.17) is 14.2 Å². The number of carbonyl (C=O) groups is 4. The minimum atomic E-state index is -4.01. The topological polar surface area (TPSA) is 203 Å². The Labute approximate surface area is 315 Å². The molecule has 294 valence electrons. The molecule has 0 spiro atoms. The van der Waals surface area contributed by atoms with Crippen LogP contribution in [-0.2, 0) is 24.4 Å². The van der Waals surface area contributed by atoms with Crippen molar-refractivity contribution in [3.8, 4) is 17.5 Å². The Morgan fingerprint density at radius 2 is 1.87 bits per heavy atom. The molecule has 0 unspecified atom stereocenters. The van der Waals surface area contributed by atoms with Gasteiger partial charge in [-0.3, -0.25) is 19.1 Å². The highest BCUT2D eigenvalue weighted by atomic mass is 32.2. The fourth-order valence-corrected chi connectivity index (χ4v) is 8.90. The minimum Gasteiger partial charge on any atom is -0.497 e. The Morgan fingerprint density at radius 1 is 1.13 bits per heavy atom. The fraction of sp³-hybridized carbons (Fsp3) is 0.605. The zero-order valence-corrected chi connectivity index (χ0v) is 32.4. The molecule has 1 aromatic carbocycles. The van der Waals surface area contributed by atoms with Crippen molar-refractivity contribution in [1.82, 2.24) is 25.2 Å². The molecule has 2 aromatic rings. The number of methoxy groups -OCH3 is 1. The van der Waals surface area contributed by atoms with Crippen molar-refractivity contribution in [1.29, 1.82) is 0 Å². The molecule has 0 radical (unpaired) electrons. The lowest BCUT2D eigenvalue weighted by molar-refractivity contribution is -0.142. The van der Waals surface area contributed by atoms with Crippen molar-refractivity contribution in [2.75, 3.05) is 13.7 Å². The van der Waals surface area contributed by atoms with Crippen molar-refractivity contribution >= 4 is 44.6 Å². The Bertz CT molecular complexity index is 1950. The van der Waals surface area contributed by atoms with E-state index in [1.807, 2.05) is 45.9 Å². The molecular formula is C38H51N5O10S. The van der Waals surface area contributed by atoms with Crippen LogP contribution in [0.5, 0.6) is 17.5 Å². The summed E-state index contributed by atoms with van der Waals surface area (Å²) in [6, 6.07) is 4.75. The number of carboxylic acid groups (broad SMARTS) is 1. The SMILES string of the molecule is COc1ccc2c(O[C@@H]3C[C@H]4C(=O)N[C@]5(C(=O)NS(=O)(=O)C6(C)CC6)C[C@H]5C=CCC[C@@H](C)C[C@@H](C)[C@H](NC(=O)O)C(=O)N4C3)nc(OC(C)C)cc2c1. The van der Waals surface area contributed by atoms with E-state index in [-0.39, 0.29) is 37.3 Å². The van der Waals surface area contributed by atoms with Crippen molar-refractivity contribution in [3.63, 3.8) is 0 Å². The Hall–Kier alpha value is -4.60. The van der Waals surface area contributed by atoms with Gasteiger partial charge in [-0.15, -0.1) is 0 Å². The number of carbonyl (C=O) groups excluding carboxylic acids is 3. The summed E-state index contributed by atoms with van der Waals surface area (Å²) >= 11 is 0. The number of ether oxygens (including phenoxy) is 3. The van der Waals surface area contributed by atoms with Gasteiger partial charge in [-0.2, -0.15) is 4.98 Å². The van der Waals surface area contributed by atoms with Gasteiger partial charge in [0.25, 0.3) is 5.91 Å². The van der Waals surface area contributed by atoms with E-state index in [0.717, 1.165) is 11.8 Å². The van der Waals surface area contributed by atoms with Crippen LogP contribution in [-0.4, -0.2) is 95.5 Å². The molecule has 54 heavy (non-hydrogen) atoms. The average molecular weight is 770 g/mol. The minimum absolute atomic E-state index is 0.0225. The van der Waals surface area contributed by atoms with Crippen LogP contribution in [0.4, 0.5) is 4.79 Å². The molecule has 1 aromatic heterocycles. The maximum absolute atomic E-state index is 14.5. The molecule has 16 heteroatoms. The van der Waals surface area contributed by atoms with Gasteiger partial charge in [0.05, 0.1) is 24.5 Å². The largest absolute Gasteiger partial charge is 0.497 e. The second-order valence-corrected chi connectivity index (χ2v) is 18.1. The molecule has 3 fully saturated rings. The average Bonchev–Trinajstić information content (AvgIpc) is 3.98. The molecule has 3 heterocycles. The first-order valence-electron chi connectivity index (χ1n) is 18.6. The maximum Gasteiger partial charge on any atom is 0.405 e. The van der Waals surface area contributed by atoms with Gasteiger partial charge in [-0.05, 0) is 94.7 Å². The molecule has 1 saturated heterocycles. The lowest BCUT2D eigenvalue weighted by Crippen LogP contribution is -2.59. The van der Waals surface area contributed by atoms with Crippen LogP contribution < -0.4 is 29.6 Å². The molecule has 15 nitrogen and oxygen atoms in total. The normalized spacial score (nSPS) is 29.6. The third-order valence-corrected chi connectivity index (χ3v) is 13.3. The van der Waals surface area contributed by atoms with E-state index in [1.165, 1.54) is 4.90 Å². The monoisotopic (exact) mass is 769 g/mol. The summed E-state index contributed by atoms with van der Waals surface area (Å²) in [6.07, 6.45) is 4.31. The zero-order valence-electron chi connectivity index (χ0n) is 31.6. The van der Waals surface area contributed by atoms with E-state index < -0.39 is 74.1 Å². The molecule has 2 aliphatic heterocycles. The van der Waals surface area contributed by atoms with Crippen LogP contribution in [0.1, 0.15) is 79.6 Å². The first-order valence-corrected chi connectivity index (χ1v) is 20.1. The summed E-state index contributed by atoms with van der Waals surface area (Å²) in [5.41, 5.74) is -1.56. The standard InChI is InChI=1S/C38H51N5O10S/c1-21(2)52-30-17-24-16-26(51-6)11-12-28(24)33(39-30)53-27-18-29-32(44)41-38(35(46)42-54(49,50)37(5)13-14-37)19-25(38)10-8-7-9-22(3)15-23(4)31(40-36(47)48)34(45)43(29)20-27/h8,10-12,16-17,21-23,25,27,29,31,40H,7,9,13-15,18-20H2,1-6H3,(H,41,44)(H,42,46)(H,47,48)/t22-,23-,25-,27-,29+,31+,38-/m1/s1. The lowest BCUT2D eigenvalue weighted by atomic mass is 9.88. The maximum atomic E-state index is 14.5. The first kappa shape index (κ1) is 39.1. The van der Waals surface area contributed by atoms with Gasteiger partial charge in [0.1, 0.15) is 29.5 Å². The number of rotatable bonds is 9. The van der Waals surface area contributed by atoms with Crippen LogP contribution in [0.15, 0.2) is 36.4 Å². The zero-order chi connectivity index (χ0) is 39.2. The van der Waals surface area contributed by atoms with E-state index in [9.17, 15) is 32.7 Å². The number of amides is 4.